The van der Waals surface area contributed by atoms with Gasteiger partial charge in [0, 0.05) is 5.54 Å². The van der Waals surface area contributed by atoms with E-state index in [9.17, 15) is 5.11 Å². The van der Waals surface area contributed by atoms with Crippen molar-refractivity contribution in [1.82, 2.24) is 5.32 Å². The number of aliphatic hydroxyl groups is 1. The Balaban J connectivity index is 2.00. The lowest BCUT2D eigenvalue weighted by molar-refractivity contribution is 0.122. The van der Waals surface area contributed by atoms with Crippen molar-refractivity contribution in [3.05, 3.63) is 35.9 Å². The van der Waals surface area contributed by atoms with Gasteiger partial charge in [0.15, 0.2) is 0 Å². The maximum atomic E-state index is 9.44. The van der Waals surface area contributed by atoms with E-state index < -0.39 is 0 Å². The van der Waals surface area contributed by atoms with Gasteiger partial charge in [0.1, 0.15) is 0 Å². The highest BCUT2D eigenvalue weighted by molar-refractivity contribution is 5.20. The van der Waals surface area contributed by atoms with Crippen molar-refractivity contribution in [1.29, 1.82) is 0 Å². The molecular formula is C14H21NO. The molecule has 0 heterocycles. The zero-order valence-electron chi connectivity index (χ0n) is 9.95. The van der Waals surface area contributed by atoms with Gasteiger partial charge in [-0.2, -0.15) is 0 Å². The number of aliphatic hydroxyl groups excluding tert-OH is 1. The summed E-state index contributed by atoms with van der Waals surface area (Å²) in [6, 6.07) is 10.7. The third-order valence-corrected chi connectivity index (χ3v) is 4.05. The van der Waals surface area contributed by atoms with Crippen molar-refractivity contribution < 1.29 is 5.11 Å². The van der Waals surface area contributed by atoms with Crippen LogP contribution in [0.4, 0.5) is 0 Å². The van der Waals surface area contributed by atoms with Crippen molar-refractivity contribution in [2.45, 2.75) is 37.1 Å². The van der Waals surface area contributed by atoms with E-state index in [0.717, 1.165) is 12.8 Å². The lowest BCUT2D eigenvalue weighted by atomic mass is 9.74. The smallest absolute Gasteiger partial charge is 0.0613 e. The highest BCUT2D eigenvalue weighted by atomic mass is 16.3. The molecular weight excluding hydrogens is 198 g/mol. The lowest BCUT2D eigenvalue weighted by Gasteiger charge is -2.39. The Morgan fingerprint density at radius 1 is 1.25 bits per heavy atom. The van der Waals surface area contributed by atoms with Crippen molar-refractivity contribution in [3.63, 3.8) is 0 Å². The van der Waals surface area contributed by atoms with Crippen LogP contribution in [-0.4, -0.2) is 24.3 Å². The van der Waals surface area contributed by atoms with E-state index in [-0.39, 0.29) is 12.1 Å². The van der Waals surface area contributed by atoms with E-state index in [1.54, 1.807) is 0 Å². The van der Waals surface area contributed by atoms with Gasteiger partial charge in [-0.05, 0) is 44.2 Å². The van der Waals surface area contributed by atoms with Gasteiger partial charge in [-0.25, -0.2) is 0 Å². The summed E-state index contributed by atoms with van der Waals surface area (Å²) in [5.41, 5.74) is 1.43. The number of rotatable bonds is 3. The minimum atomic E-state index is -0.0225. The molecule has 0 saturated heterocycles. The lowest BCUT2D eigenvalue weighted by Crippen LogP contribution is -2.48. The third kappa shape index (κ3) is 2.28. The summed E-state index contributed by atoms with van der Waals surface area (Å²) >= 11 is 0. The molecule has 0 aliphatic heterocycles. The number of nitrogens with one attached hydrogen (secondary N) is 1. The molecule has 2 rings (SSSR count). The van der Waals surface area contributed by atoms with Gasteiger partial charge in [-0.15, -0.1) is 0 Å². The van der Waals surface area contributed by atoms with Gasteiger partial charge in [-0.1, -0.05) is 30.3 Å². The molecule has 1 aliphatic carbocycles. The fraction of sp³-hybridized carbons (Fsp3) is 0.571. The number of likely N-dealkylation sites (N-methyl/N-ethyl adjacent to an activating group) is 1. The van der Waals surface area contributed by atoms with Crippen LogP contribution in [0.3, 0.4) is 0 Å². The van der Waals surface area contributed by atoms with Crippen LogP contribution in [0.5, 0.6) is 0 Å². The zero-order chi connectivity index (χ0) is 11.4. The van der Waals surface area contributed by atoms with E-state index >= 15 is 0 Å². The summed E-state index contributed by atoms with van der Waals surface area (Å²) in [4.78, 5) is 0. The predicted molar refractivity (Wildman–Crippen MR) is 66.5 cm³/mol. The Kier molecular flexibility index (Phi) is 3.62. The first-order chi connectivity index (χ1) is 7.79. The van der Waals surface area contributed by atoms with Gasteiger partial charge in [0.05, 0.1) is 6.61 Å². The maximum absolute atomic E-state index is 9.44. The Morgan fingerprint density at radius 2 is 1.88 bits per heavy atom. The van der Waals surface area contributed by atoms with E-state index in [0.29, 0.717) is 5.92 Å². The summed E-state index contributed by atoms with van der Waals surface area (Å²) in [5.74, 6) is 0.675. The van der Waals surface area contributed by atoms with Gasteiger partial charge in [0.2, 0.25) is 0 Å². The van der Waals surface area contributed by atoms with Crippen LogP contribution in [0.15, 0.2) is 30.3 Å². The molecule has 88 valence electrons. The molecule has 0 radical (unpaired) electrons. The second-order valence-electron chi connectivity index (χ2n) is 4.87. The van der Waals surface area contributed by atoms with Crippen LogP contribution in [0, 0.1) is 0 Å². The molecule has 1 aromatic carbocycles. The second kappa shape index (κ2) is 4.98. The molecule has 0 atom stereocenters. The van der Waals surface area contributed by atoms with Crippen LogP contribution >= 0.6 is 0 Å². The molecule has 1 saturated carbocycles. The summed E-state index contributed by atoms with van der Waals surface area (Å²) < 4.78 is 0. The van der Waals surface area contributed by atoms with Gasteiger partial charge >= 0.3 is 0 Å². The topological polar surface area (TPSA) is 32.3 Å². The highest BCUT2D eigenvalue weighted by Gasteiger charge is 2.33. The van der Waals surface area contributed by atoms with Crippen molar-refractivity contribution in [2.24, 2.45) is 0 Å². The Morgan fingerprint density at radius 3 is 2.38 bits per heavy atom. The van der Waals surface area contributed by atoms with Crippen molar-refractivity contribution in [2.75, 3.05) is 13.7 Å². The molecule has 0 bridgehead atoms. The van der Waals surface area contributed by atoms with Gasteiger partial charge in [-0.3, -0.25) is 0 Å². The molecule has 2 heteroatoms. The van der Waals surface area contributed by atoms with Gasteiger partial charge in [0.25, 0.3) is 0 Å². The molecule has 0 aromatic heterocycles. The summed E-state index contributed by atoms with van der Waals surface area (Å²) in [7, 11) is 1.96. The third-order valence-electron chi connectivity index (χ3n) is 4.05. The summed E-state index contributed by atoms with van der Waals surface area (Å²) in [6.45, 7) is 0.255. The van der Waals surface area contributed by atoms with E-state index in [2.05, 4.69) is 35.6 Å². The first kappa shape index (κ1) is 11.6. The highest BCUT2D eigenvalue weighted by Crippen LogP contribution is 2.37. The molecule has 2 nitrogen and oxygen atoms in total. The molecule has 1 aromatic rings. The Labute approximate surface area is 97.7 Å². The van der Waals surface area contributed by atoms with Gasteiger partial charge < -0.3 is 10.4 Å². The number of benzene rings is 1. The van der Waals surface area contributed by atoms with Crippen LogP contribution in [0.25, 0.3) is 0 Å². The average Bonchev–Trinajstić information content (AvgIpc) is 2.40. The summed E-state index contributed by atoms with van der Waals surface area (Å²) in [5, 5.41) is 12.7. The summed E-state index contributed by atoms with van der Waals surface area (Å²) in [6.07, 6.45) is 4.48. The van der Waals surface area contributed by atoms with Crippen LogP contribution in [0.2, 0.25) is 0 Å². The first-order valence-corrected chi connectivity index (χ1v) is 6.14. The fourth-order valence-corrected chi connectivity index (χ4v) is 2.72. The quantitative estimate of drug-likeness (QED) is 0.817. The normalized spacial score (nSPS) is 30.2. The Hall–Kier alpha value is -0.860. The molecule has 16 heavy (non-hydrogen) atoms. The van der Waals surface area contributed by atoms with Crippen molar-refractivity contribution in [3.8, 4) is 0 Å². The molecule has 1 aliphatic rings. The molecule has 0 unspecified atom stereocenters. The minimum absolute atomic E-state index is 0.0225. The van der Waals surface area contributed by atoms with E-state index in [4.69, 9.17) is 0 Å². The largest absolute Gasteiger partial charge is 0.394 e. The predicted octanol–water partition coefficient (Wildman–Crippen LogP) is 2.29. The Bertz CT molecular complexity index is 309. The van der Waals surface area contributed by atoms with E-state index in [1.807, 2.05) is 7.05 Å². The minimum Gasteiger partial charge on any atom is -0.394 e. The zero-order valence-corrected chi connectivity index (χ0v) is 9.95. The number of hydrogen-bond acceptors (Lipinski definition) is 2. The monoisotopic (exact) mass is 219 g/mol. The van der Waals surface area contributed by atoms with Crippen molar-refractivity contribution >= 4 is 0 Å². The maximum Gasteiger partial charge on any atom is 0.0613 e. The molecule has 1 fully saturated rings. The van der Waals surface area contributed by atoms with Crippen LogP contribution in [-0.2, 0) is 0 Å². The first-order valence-electron chi connectivity index (χ1n) is 6.14. The molecule has 2 N–H and O–H groups in total. The SMILES string of the molecule is CNC1(CO)CCC(c2ccccc2)CC1. The molecule has 0 amide bonds. The van der Waals surface area contributed by atoms with E-state index in [1.165, 1.54) is 18.4 Å². The van der Waals surface area contributed by atoms with Crippen LogP contribution in [0.1, 0.15) is 37.2 Å². The van der Waals surface area contributed by atoms with Crippen LogP contribution < -0.4 is 5.32 Å². The number of hydrogen-bond donors (Lipinski definition) is 2. The standard InChI is InChI=1S/C14H21NO/c1-15-14(11-16)9-7-13(8-10-14)12-5-3-2-4-6-12/h2-6,13,15-16H,7-11H2,1H3. The average molecular weight is 219 g/mol. The molecule has 0 spiro atoms. The fourth-order valence-electron chi connectivity index (χ4n) is 2.72. The second-order valence-corrected chi connectivity index (χ2v) is 4.87.